The molecule has 0 aliphatic carbocycles. The first-order valence-electron chi connectivity index (χ1n) is 5.37. The summed E-state index contributed by atoms with van der Waals surface area (Å²) in [4.78, 5) is 4.10. The molecule has 5 heteroatoms. The Labute approximate surface area is 109 Å². The van der Waals surface area contributed by atoms with E-state index >= 15 is 0 Å². The molecule has 3 nitrogen and oxygen atoms in total. The Morgan fingerprint density at radius 2 is 2.12 bits per heavy atom. The van der Waals surface area contributed by atoms with Crippen LogP contribution in [0.25, 0.3) is 0 Å². The SMILES string of the molecule is Clc1csc(NCCCOc2ccccc2)n1. The normalized spacial score (nSPS) is 10.2. The zero-order valence-electron chi connectivity index (χ0n) is 9.23. The van der Waals surface area contributed by atoms with Gasteiger partial charge in [0.25, 0.3) is 0 Å². The van der Waals surface area contributed by atoms with Crippen LogP contribution in [0.1, 0.15) is 6.42 Å². The van der Waals surface area contributed by atoms with Gasteiger partial charge in [0.15, 0.2) is 5.13 Å². The van der Waals surface area contributed by atoms with Crippen LogP contribution in [0.2, 0.25) is 5.15 Å². The van der Waals surface area contributed by atoms with Crippen LogP contribution in [0.4, 0.5) is 5.13 Å². The Morgan fingerprint density at radius 1 is 1.29 bits per heavy atom. The monoisotopic (exact) mass is 268 g/mol. The molecule has 90 valence electrons. The van der Waals surface area contributed by atoms with Crippen molar-refractivity contribution in [2.24, 2.45) is 0 Å². The fourth-order valence-electron chi connectivity index (χ4n) is 1.31. The van der Waals surface area contributed by atoms with Crippen molar-refractivity contribution < 1.29 is 4.74 Å². The van der Waals surface area contributed by atoms with Crippen molar-refractivity contribution in [3.05, 3.63) is 40.9 Å². The van der Waals surface area contributed by atoms with Crippen molar-refractivity contribution in [3.63, 3.8) is 0 Å². The van der Waals surface area contributed by atoms with Crippen LogP contribution in [-0.4, -0.2) is 18.1 Å². The molecule has 0 fully saturated rings. The van der Waals surface area contributed by atoms with E-state index in [0.717, 1.165) is 23.8 Å². The van der Waals surface area contributed by atoms with Crippen LogP contribution in [0, 0.1) is 0 Å². The van der Waals surface area contributed by atoms with Gasteiger partial charge in [-0.2, -0.15) is 0 Å². The predicted octanol–water partition coefficient (Wildman–Crippen LogP) is 3.68. The second-order valence-electron chi connectivity index (χ2n) is 3.42. The zero-order chi connectivity index (χ0) is 11.9. The Morgan fingerprint density at radius 3 is 2.82 bits per heavy atom. The number of hydrogen-bond acceptors (Lipinski definition) is 4. The summed E-state index contributed by atoms with van der Waals surface area (Å²) >= 11 is 7.22. The highest BCUT2D eigenvalue weighted by Crippen LogP contribution is 2.18. The van der Waals surface area contributed by atoms with E-state index in [4.69, 9.17) is 16.3 Å². The van der Waals surface area contributed by atoms with Crippen molar-refractivity contribution in [1.29, 1.82) is 0 Å². The molecule has 0 aliphatic rings. The molecule has 0 unspecified atom stereocenters. The summed E-state index contributed by atoms with van der Waals surface area (Å²) in [5.41, 5.74) is 0. The topological polar surface area (TPSA) is 34.1 Å². The highest BCUT2D eigenvalue weighted by atomic mass is 35.5. The Kier molecular flexibility index (Phi) is 4.64. The van der Waals surface area contributed by atoms with Gasteiger partial charge in [-0.15, -0.1) is 11.3 Å². The summed E-state index contributed by atoms with van der Waals surface area (Å²) in [6, 6.07) is 9.80. The molecular formula is C12H13ClN2OS. The maximum atomic E-state index is 5.72. The van der Waals surface area contributed by atoms with E-state index in [1.165, 1.54) is 11.3 Å². The molecule has 0 atom stereocenters. The number of ether oxygens (including phenoxy) is 1. The Balaban J connectivity index is 1.61. The number of aromatic nitrogens is 1. The van der Waals surface area contributed by atoms with Crippen molar-refractivity contribution in [2.45, 2.75) is 6.42 Å². The van der Waals surface area contributed by atoms with E-state index in [0.29, 0.717) is 11.8 Å². The number of hydrogen-bond donors (Lipinski definition) is 1. The summed E-state index contributed by atoms with van der Waals surface area (Å²) in [7, 11) is 0. The van der Waals surface area contributed by atoms with E-state index in [9.17, 15) is 0 Å². The standard InChI is InChI=1S/C12H13ClN2OS/c13-11-9-17-12(15-11)14-7-4-8-16-10-5-2-1-3-6-10/h1-3,5-6,9H,4,7-8H2,(H,14,15). The number of para-hydroxylation sites is 1. The van der Waals surface area contributed by atoms with Crippen molar-refractivity contribution >= 4 is 28.1 Å². The van der Waals surface area contributed by atoms with Gasteiger partial charge in [0.05, 0.1) is 6.61 Å². The number of anilines is 1. The first-order valence-corrected chi connectivity index (χ1v) is 6.63. The second-order valence-corrected chi connectivity index (χ2v) is 4.66. The summed E-state index contributed by atoms with van der Waals surface area (Å²) in [5, 5.41) is 6.40. The molecule has 2 aromatic rings. The second kappa shape index (κ2) is 6.47. The van der Waals surface area contributed by atoms with Gasteiger partial charge >= 0.3 is 0 Å². The van der Waals surface area contributed by atoms with Gasteiger partial charge in [0.2, 0.25) is 0 Å². The lowest BCUT2D eigenvalue weighted by atomic mass is 10.3. The van der Waals surface area contributed by atoms with Crippen LogP contribution in [0.5, 0.6) is 5.75 Å². The number of thiazole rings is 1. The first kappa shape index (κ1) is 12.2. The zero-order valence-corrected chi connectivity index (χ0v) is 10.8. The van der Waals surface area contributed by atoms with Gasteiger partial charge in [0.1, 0.15) is 10.9 Å². The molecule has 2 rings (SSSR count). The minimum atomic E-state index is 0.540. The molecule has 0 radical (unpaired) electrons. The van der Waals surface area contributed by atoms with Crippen LogP contribution < -0.4 is 10.1 Å². The van der Waals surface area contributed by atoms with Crippen LogP contribution in [-0.2, 0) is 0 Å². The fraction of sp³-hybridized carbons (Fsp3) is 0.250. The predicted molar refractivity (Wildman–Crippen MR) is 72.2 cm³/mol. The quantitative estimate of drug-likeness (QED) is 0.812. The lowest BCUT2D eigenvalue weighted by Crippen LogP contribution is -2.06. The number of nitrogens with zero attached hydrogens (tertiary/aromatic N) is 1. The molecule has 0 bridgehead atoms. The molecule has 17 heavy (non-hydrogen) atoms. The smallest absolute Gasteiger partial charge is 0.184 e. The molecule has 0 spiro atoms. The molecule has 1 aromatic heterocycles. The molecule has 0 aliphatic heterocycles. The third kappa shape index (κ3) is 4.24. The molecule has 0 saturated carbocycles. The average molecular weight is 269 g/mol. The molecule has 1 aromatic carbocycles. The highest BCUT2D eigenvalue weighted by Gasteiger charge is 1.98. The third-order valence-electron chi connectivity index (χ3n) is 2.09. The average Bonchev–Trinajstić information content (AvgIpc) is 2.76. The largest absolute Gasteiger partial charge is 0.494 e. The van der Waals surface area contributed by atoms with Crippen LogP contribution in [0.15, 0.2) is 35.7 Å². The van der Waals surface area contributed by atoms with Crippen LogP contribution in [0.3, 0.4) is 0 Å². The molecule has 1 N–H and O–H groups in total. The highest BCUT2D eigenvalue weighted by molar-refractivity contribution is 7.14. The molecular weight excluding hydrogens is 256 g/mol. The van der Waals surface area contributed by atoms with Crippen molar-refractivity contribution in [2.75, 3.05) is 18.5 Å². The summed E-state index contributed by atoms with van der Waals surface area (Å²) in [5.74, 6) is 0.907. The van der Waals surface area contributed by atoms with E-state index < -0.39 is 0 Å². The summed E-state index contributed by atoms with van der Waals surface area (Å²) in [6.07, 6.45) is 0.923. The summed E-state index contributed by atoms with van der Waals surface area (Å²) < 4.78 is 5.57. The Hall–Kier alpha value is -1.26. The summed E-state index contributed by atoms with van der Waals surface area (Å²) in [6.45, 7) is 1.52. The van der Waals surface area contributed by atoms with Gasteiger partial charge in [-0.3, -0.25) is 0 Å². The van der Waals surface area contributed by atoms with Gasteiger partial charge in [-0.25, -0.2) is 4.98 Å². The first-order chi connectivity index (χ1) is 8.34. The van der Waals surface area contributed by atoms with E-state index in [1.54, 1.807) is 0 Å². The number of nitrogens with one attached hydrogen (secondary N) is 1. The van der Waals surface area contributed by atoms with Crippen molar-refractivity contribution in [1.82, 2.24) is 4.98 Å². The van der Waals surface area contributed by atoms with E-state index in [2.05, 4.69) is 10.3 Å². The lowest BCUT2D eigenvalue weighted by molar-refractivity contribution is 0.315. The third-order valence-corrected chi connectivity index (χ3v) is 3.21. The minimum Gasteiger partial charge on any atom is -0.494 e. The number of rotatable bonds is 6. The maximum Gasteiger partial charge on any atom is 0.184 e. The lowest BCUT2D eigenvalue weighted by Gasteiger charge is -2.06. The maximum absolute atomic E-state index is 5.72. The molecule has 0 amide bonds. The van der Waals surface area contributed by atoms with E-state index in [1.807, 2.05) is 35.7 Å². The van der Waals surface area contributed by atoms with Gasteiger partial charge < -0.3 is 10.1 Å². The minimum absolute atomic E-state index is 0.540. The molecule has 0 saturated heterocycles. The fourth-order valence-corrected chi connectivity index (χ4v) is 2.18. The van der Waals surface area contributed by atoms with Crippen LogP contribution >= 0.6 is 22.9 Å². The Bertz CT molecular complexity index is 447. The van der Waals surface area contributed by atoms with Gasteiger partial charge in [0, 0.05) is 11.9 Å². The molecule has 1 heterocycles. The number of benzene rings is 1. The van der Waals surface area contributed by atoms with Gasteiger partial charge in [-0.05, 0) is 18.6 Å². The van der Waals surface area contributed by atoms with Gasteiger partial charge in [-0.1, -0.05) is 29.8 Å². The number of halogens is 1. The van der Waals surface area contributed by atoms with Crippen molar-refractivity contribution in [3.8, 4) is 5.75 Å². The van der Waals surface area contributed by atoms with E-state index in [-0.39, 0.29) is 0 Å².